The number of para-hydroxylation sites is 1. The maximum Gasteiger partial charge on any atom is 0.143 e. The predicted octanol–water partition coefficient (Wildman–Crippen LogP) is 21.5. The van der Waals surface area contributed by atoms with E-state index in [2.05, 4.69) is 188 Å². The van der Waals surface area contributed by atoms with Crippen molar-refractivity contribution >= 4 is 65.0 Å². The molecule has 0 aliphatic heterocycles. The normalized spacial score (nSPS) is 12.7. The Morgan fingerprint density at radius 3 is 1.21 bits per heavy atom. The van der Waals surface area contributed by atoms with Gasteiger partial charge in [0, 0.05) is 16.3 Å². The van der Waals surface area contributed by atoms with Gasteiger partial charge in [0.05, 0.1) is 6.85 Å². The molecule has 0 bridgehead atoms. The zero-order valence-electron chi connectivity index (χ0n) is 47.4. The number of fused-ring (bicyclic) bond motifs is 10. The molecule has 0 spiro atoms. The first-order valence-electron chi connectivity index (χ1n) is 29.1. The molecule has 1 aromatic heterocycles. The summed E-state index contributed by atoms with van der Waals surface area (Å²) in [5.74, 6) is 0. The van der Waals surface area contributed by atoms with Crippen LogP contribution in [-0.4, -0.2) is 0 Å². The highest BCUT2D eigenvalue weighted by atomic mass is 16.3. The van der Waals surface area contributed by atoms with Crippen LogP contribution in [0.25, 0.3) is 143 Å². The molecular formula is C77H50O. The van der Waals surface area contributed by atoms with Crippen LogP contribution in [0.15, 0.2) is 295 Å². The SMILES string of the molecule is [2H]c1c([2H])c([2H])c(-c2c3ccccc3c(-c3ccc(-c4ccccc4)c4oc5ccccc5c34)c3ccccc23)c([2H])c1[2H].c1ccc(-c2ccc3c(c2)-c2cc(-c4c5ccccc5c(-c5ccccc5)c5ccccc45)ccc2C3)cc1. The Labute approximate surface area is 460 Å². The second-order valence-electron chi connectivity index (χ2n) is 20.2. The monoisotopic (exact) mass is 995 g/mol. The molecule has 78 heavy (non-hydrogen) atoms. The van der Waals surface area contributed by atoms with E-state index in [-0.39, 0.29) is 29.7 Å². The average molecular weight is 996 g/mol. The van der Waals surface area contributed by atoms with E-state index in [9.17, 15) is 0 Å². The van der Waals surface area contributed by atoms with Crippen LogP contribution < -0.4 is 0 Å². The van der Waals surface area contributed by atoms with E-state index in [0.29, 0.717) is 5.56 Å². The summed E-state index contributed by atoms with van der Waals surface area (Å²) >= 11 is 0. The topological polar surface area (TPSA) is 13.1 Å². The first-order valence-corrected chi connectivity index (χ1v) is 26.6. The van der Waals surface area contributed by atoms with E-state index < -0.39 is 6.04 Å². The maximum absolute atomic E-state index is 8.84. The summed E-state index contributed by atoms with van der Waals surface area (Å²) in [6.07, 6.45) is 0.995. The molecule has 1 heteroatoms. The fourth-order valence-corrected chi connectivity index (χ4v) is 12.4. The molecular weight excluding hydrogens is 941 g/mol. The first-order chi connectivity index (χ1) is 40.8. The van der Waals surface area contributed by atoms with E-state index in [1.807, 2.05) is 72.8 Å². The fourth-order valence-electron chi connectivity index (χ4n) is 12.4. The highest BCUT2D eigenvalue weighted by Gasteiger charge is 2.24. The van der Waals surface area contributed by atoms with Crippen molar-refractivity contribution in [1.29, 1.82) is 0 Å². The maximum atomic E-state index is 8.84. The van der Waals surface area contributed by atoms with Crippen LogP contribution in [0.2, 0.25) is 0 Å². The van der Waals surface area contributed by atoms with Gasteiger partial charge in [0.25, 0.3) is 0 Å². The van der Waals surface area contributed by atoms with E-state index in [1.54, 1.807) is 0 Å². The smallest absolute Gasteiger partial charge is 0.143 e. The zero-order valence-corrected chi connectivity index (χ0v) is 42.4. The second kappa shape index (κ2) is 18.9. The Morgan fingerprint density at radius 1 is 0.269 bits per heavy atom. The summed E-state index contributed by atoms with van der Waals surface area (Å²) in [4.78, 5) is 0. The molecule has 14 aromatic carbocycles. The van der Waals surface area contributed by atoms with Gasteiger partial charge in [-0.15, -0.1) is 0 Å². The number of hydrogen-bond acceptors (Lipinski definition) is 1. The molecule has 1 aliphatic carbocycles. The molecule has 0 unspecified atom stereocenters. The molecule has 0 saturated carbocycles. The van der Waals surface area contributed by atoms with Crippen molar-refractivity contribution in [2.24, 2.45) is 0 Å². The number of furan rings is 1. The van der Waals surface area contributed by atoms with Gasteiger partial charge in [-0.05, 0) is 157 Å². The van der Waals surface area contributed by atoms with Crippen molar-refractivity contribution in [3.63, 3.8) is 0 Å². The summed E-state index contributed by atoms with van der Waals surface area (Å²) < 4.78 is 49.2. The van der Waals surface area contributed by atoms with Crippen LogP contribution in [0.1, 0.15) is 18.0 Å². The quantitative estimate of drug-likeness (QED) is 0.151. The third-order valence-electron chi connectivity index (χ3n) is 15.8. The molecule has 15 aromatic rings. The molecule has 0 saturated heterocycles. The molecule has 1 nitrogen and oxygen atoms in total. The summed E-state index contributed by atoms with van der Waals surface area (Å²) in [6, 6.07) is 90.3. The van der Waals surface area contributed by atoms with Crippen LogP contribution in [0.3, 0.4) is 0 Å². The first kappa shape index (κ1) is 40.3. The van der Waals surface area contributed by atoms with Gasteiger partial charge in [-0.25, -0.2) is 0 Å². The molecule has 1 heterocycles. The summed E-state index contributed by atoms with van der Waals surface area (Å²) in [5.41, 5.74) is 19.8. The molecule has 0 atom stereocenters. The Morgan fingerprint density at radius 2 is 0.667 bits per heavy atom. The molecule has 1 aliphatic rings. The molecule has 364 valence electrons. The highest BCUT2D eigenvalue weighted by molar-refractivity contribution is 6.27. The lowest BCUT2D eigenvalue weighted by Gasteiger charge is -2.18. The van der Waals surface area contributed by atoms with Crippen LogP contribution in [0, 0.1) is 0 Å². The van der Waals surface area contributed by atoms with Crippen molar-refractivity contribution < 1.29 is 11.3 Å². The van der Waals surface area contributed by atoms with Crippen LogP contribution in [0.5, 0.6) is 0 Å². The van der Waals surface area contributed by atoms with E-state index in [1.165, 1.54) is 77.2 Å². The lowest BCUT2D eigenvalue weighted by Crippen LogP contribution is -1.91. The minimum Gasteiger partial charge on any atom is -0.455 e. The lowest BCUT2D eigenvalue weighted by atomic mass is 9.84. The van der Waals surface area contributed by atoms with Crippen LogP contribution >= 0.6 is 0 Å². The summed E-state index contributed by atoms with van der Waals surface area (Å²) in [5, 5.41) is 10.7. The number of benzene rings is 14. The minimum atomic E-state index is -0.401. The molecule has 0 amide bonds. The average Bonchev–Trinajstić information content (AvgIpc) is 2.89. The Bertz CT molecular complexity index is 4960. The molecule has 0 fully saturated rings. The molecule has 0 N–H and O–H groups in total. The van der Waals surface area contributed by atoms with Gasteiger partial charge in [-0.2, -0.15) is 0 Å². The number of rotatable bonds is 6. The standard InChI is InChI=1S/C39H26.C38H24O/c1-3-11-26(12-4-1)28-19-20-29-23-30-21-22-31(25-37(30)36(29)24-28)39-34-17-9-7-15-32(34)38(27-13-5-2-6-14-27)33-16-8-10-18-35(33)39;1-3-13-25(14-4-1)27-23-24-33(37-32-21-11-12-22-34(32)39-38(27)37)36-30-19-9-7-17-28(30)35(26-15-5-2-6-16-26)29-18-8-10-20-31(29)36/h1-22,24-25H,23H2;1-24H/i;2D,5D,6D,15D,16D. The second-order valence-corrected chi connectivity index (χ2v) is 20.2. The number of hydrogen-bond donors (Lipinski definition) is 0. The van der Waals surface area contributed by atoms with Crippen molar-refractivity contribution in [3.05, 3.63) is 302 Å². The van der Waals surface area contributed by atoms with Crippen molar-refractivity contribution in [2.45, 2.75) is 6.42 Å². The van der Waals surface area contributed by atoms with Crippen LogP contribution in [-0.2, 0) is 6.42 Å². The van der Waals surface area contributed by atoms with Gasteiger partial charge in [0.2, 0.25) is 0 Å². The van der Waals surface area contributed by atoms with E-state index >= 15 is 0 Å². The van der Waals surface area contributed by atoms with Crippen molar-refractivity contribution in [1.82, 2.24) is 0 Å². The van der Waals surface area contributed by atoms with Gasteiger partial charge in [0.1, 0.15) is 11.2 Å². The fraction of sp³-hybridized carbons (Fsp3) is 0.0130. The van der Waals surface area contributed by atoms with Crippen molar-refractivity contribution in [2.75, 3.05) is 0 Å². The lowest BCUT2D eigenvalue weighted by molar-refractivity contribution is 0.670. The summed E-state index contributed by atoms with van der Waals surface area (Å²) in [6.45, 7) is 0. The largest absolute Gasteiger partial charge is 0.455 e. The Kier molecular flexibility index (Phi) is 9.77. The minimum absolute atomic E-state index is 0.202. The van der Waals surface area contributed by atoms with Crippen molar-refractivity contribution in [3.8, 4) is 77.9 Å². The predicted molar refractivity (Wildman–Crippen MR) is 331 cm³/mol. The third-order valence-corrected chi connectivity index (χ3v) is 15.8. The van der Waals surface area contributed by atoms with E-state index in [0.717, 1.165) is 72.2 Å². The molecule has 16 rings (SSSR count). The molecule has 0 radical (unpaired) electrons. The zero-order chi connectivity index (χ0) is 55.9. The summed E-state index contributed by atoms with van der Waals surface area (Å²) in [7, 11) is 0. The van der Waals surface area contributed by atoms with Gasteiger partial charge in [-0.1, -0.05) is 267 Å². The third kappa shape index (κ3) is 7.54. The van der Waals surface area contributed by atoms with Crippen LogP contribution in [0.4, 0.5) is 0 Å². The van der Waals surface area contributed by atoms with Gasteiger partial charge >= 0.3 is 0 Å². The van der Waals surface area contributed by atoms with Gasteiger partial charge < -0.3 is 4.42 Å². The Hall–Kier alpha value is -10.1. The highest BCUT2D eigenvalue weighted by Crippen LogP contribution is 2.50. The van der Waals surface area contributed by atoms with Gasteiger partial charge in [0.15, 0.2) is 0 Å². The Balaban J connectivity index is 0.000000143. The van der Waals surface area contributed by atoms with Gasteiger partial charge in [-0.3, -0.25) is 0 Å². The van der Waals surface area contributed by atoms with E-state index in [4.69, 9.17) is 11.3 Å².